The van der Waals surface area contributed by atoms with Crippen LogP contribution in [0.1, 0.15) is 10.5 Å². The van der Waals surface area contributed by atoms with Gasteiger partial charge in [-0.15, -0.1) is 0 Å². The number of halogens is 1. The molecule has 8 heteroatoms. The number of nitrogens with one attached hydrogen (secondary N) is 2. The summed E-state index contributed by atoms with van der Waals surface area (Å²) in [5.41, 5.74) is 0.885. The van der Waals surface area contributed by atoms with Gasteiger partial charge in [-0.1, -0.05) is 12.1 Å². The van der Waals surface area contributed by atoms with Gasteiger partial charge in [0.1, 0.15) is 5.69 Å². The van der Waals surface area contributed by atoms with Gasteiger partial charge < -0.3 is 5.32 Å². The van der Waals surface area contributed by atoms with Gasteiger partial charge in [0.05, 0.1) is 17.6 Å². The van der Waals surface area contributed by atoms with E-state index in [1.54, 1.807) is 36.4 Å². The first-order valence-corrected chi connectivity index (χ1v) is 8.53. The lowest BCUT2D eigenvalue weighted by Gasteiger charge is -2.11. The summed E-state index contributed by atoms with van der Waals surface area (Å²) in [5.74, 6) is -0.426. The molecular formula is C13H12BrN3O3S. The van der Waals surface area contributed by atoms with Crippen LogP contribution in [0.4, 0.5) is 11.4 Å². The maximum Gasteiger partial charge on any atom is 0.274 e. The highest BCUT2D eigenvalue weighted by molar-refractivity contribution is 9.10. The van der Waals surface area contributed by atoms with Crippen molar-refractivity contribution in [1.29, 1.82) is 0 Å². The van der Waals surface area contributed by atoms with Crippen LogP contribution in [-0.2, 0) is 10.0 Å². The molecule has 1 heterocycles. The molecule has 0 aliphatic rings. The summed E-state index contributed by atoms with van der Waals surface area (Å²) in [6.07, 6.45) is 2.55. The van der Waals surface area contributed by atoms with Crippen molar-refractivity contribution >= 4 is 43.2 Å². The Morgan fingerprint density at radius 1 is 1.14 bits per heavy atom. The summed E-state index contributed by atoms with van der Waals surface area (Å²) >= 11 is 3.24. The molecule has 1 aromatic heterocycles. The minimum atomic E-state index is -3.43. The van der Waals surface area contributed by atoms with Crippen LogP contribution in [0, 0.1) is 0 Å². The predicted molar refractivity (Wildman–Crippen MR) is 84.8 cm³/mol. The molecule has 0 bridgehead atoms. The molecular weight excluding hydrogens is 358 g/mol. The average Bonchev–Trinajstić information content (AvgIpc) is 2.40. The molecule has 1 aromatic carbocycles. The predicted octanol–water partition coefficient (Wildman–Crippen LogP) is 2.47. The summed E-state index contributed by atoms with van der Waals surface area (Å²) in [6, 6.07) is 9.78. The number of carbonyl (C=O) groups excluding carboxylic acids is 1. The molecule has 2 N–H and O–H groups in total. The van der Waals surface area contributed by atoms with E-state index >= 15 is 0 Å². The molecule has 0 unspecified atom stereocenters. The molecule has 0 fully saturated rings. The summed E-state index contributed by atoms with van der Waals surface area (Å²) in [4.78, 5) is 16.1. The summed E-state index contributed by atoms with van der Waals surface area (Å²) in [5, 5.41) is 2.63. The minimum absolute atomic E-state index is 0.229. The zero-order chi connectivity index (χ0) is 15.5. The smallest absolute Gasteiger partial charge is 0.274 e. The number of rotatable bonds is 4. The fourth-order valence-corrected chi connectivity index (χ4v) is 2.39. The molecule has 0 spiro atoms. The lowest BCUT2D eigenvalue weighted by Crippen LogP contribution is -2.16. The highest BCUT2D eigenvalue weighted by atomic mass is 79.9. The van der Waals surface area contributed by atoms with Gasteiger partial charge in [0.25, 0.3) is 5.91 Å². The van der Waals surface area contributed by atoms with Crippen LogP contribution in [0.15, 0.2) is 47.1 Å². The number of sulfonamides is 1. The van der Waals surface area contributed by atoms with Gasteiger partial charge in [-0.05, 0) is 40.2 Å². The van der Waals surface area contributed by atoms with Crippen molar-refractivity contribution < 1.29 is 13.2 Å². The van der Waals surface area contributed by atoms with E-state index < -0.39 is 15.9 Å². The molecule has 0 aliphatic heterocycles. The van der Waals surface area contributed by atoms with E-state index in [1.807, 2.05) is 0 Å². The molecule has 2 rings (SSSR count). The van der Waals surface area contributed by atoms with E-state index in [-0.39, 0.29) is 5.69 Å². The van der Waals surface area contributed by atoms with Crippen LogP contribution >= 0.6 is 15.9 Å². The Morgan fingerprint density at radius 2 is 1.81 bits per heavy atom. The molecule has 0 radical (unpaired) electrons. The Kier molecular flexibility index (Phi) is 4.59. The lowest BCUT2D eigenvalue weighted by molar-refractivity contribution is 0.102. The number of amides is 1. The maximum absolute atomic E-state index is 12.1. The molecule has 2 aromatic rings. The van der Waals surface area contributed by atoms with Gasteiger partial charge in [-0.2, -0.15) is 0 Å². The van der Waals surface area contributed by atoms with Gasteiger partial charge in [0, 0.05) is 10.7 Å². The van der Waals surface area contributed by atoms with E-state index in [9.17, 15) is 13.2 Å². The fraction of sp³-hybridized carbons (Fsp3) is 0.0769. The van der Waals surface area contributed by atoms with Crippen molar-refractivity contribution in [3.63, 3.8) is 0 Å². The number of hydrogen-bond acceptors (Lipinski definition) is 4. The van der Waals surface area contributed by atoms with Crippen LogP contribution in [0.2, 0.25) is 0 Å². The zero-order valence-electron chi connectivity index (χ0n) is 11.0. The summed E-state index contributed by atoms with van der Waals surface area (Å²) in [6.45, 7) is 0. The molecule has 1 amide bonds. The monoisotopic (exact) mass is 369 g/mol. The number of anilines is 2. The maximum atomic E-state index is 12.1. The van der Waals surface area contributed by atoms with Gasteiger partial charge >= 0.3 is 0 Å². The third-order valence-electron chi connectivity index (χ3n) is 2.43. The van der Waals surface area contributed by atoms with Crippen LogP contribution in [0.3, 0.4) is 0 Å². The second kappa shape index (κ2) is 6.23. The molecule has 110 valence electrons. The second-order valence-electron chi connectivity index (χ2n) is 4.24. The molecule has 0 saturated heterocycles. The highest BCUT2D eigenvalue weighted by Gasteiger charge is 2.12. The standard InChI is InChI=1S/C13H12BrN3O3S/c1-21(19,20)17-11-5-3-2-4-10(11)16-13(18)12-7-6-9(14)8-15-12/h2-8,17H,1H3,(H,16,18). The van der Waals surface area contributed by atoms with Crippen LogP contribution in [0.5, 0.6) is 0 Å². The van der Waals surface area contributed by atoms with Gasteiger partial charge in [-0.25, -0.2) is 13.4 Å². The Hall–Kier alpha value is -1.93. The lowest BCUT2D eigenvalue weighted by atomic mass is 10.2. The number of para-hydroxylation sites is 2. The minimum Gasteiger partial charge on any atom is -0.319 e. The third-order valence-corrected chi connectivity index (χ3v) is 3.49. The first-order valence-electron chi connectivity index (χ1n) is 5.85. The average molecular weight is 370 g/mol. The van der Waals surface area contributed by atoms with Crippen LogP contribution < -0.4 is 10.0 Å². The van der Waals surface area contributed by atoms with Crippen molar-refractivity contribution in [2.75, 3.05) is 16.3 Å². The molecule has 0 atom stereocenters. The quantitative estimate of drug-likeness (QED) is 0.866. The summed E-state index contributed by atoms with van der Waals surface area (Å²) < 4.78 is 25.7. The van der Waals surface area contributed by atoms with E-state index in [4.69, 9.17) is 0 Å². The van der Waals surface area contributed by atoms with Crippen molar-refractivity contribution in [1.82, 2.24) is 4.98 Å². The Morgan fingerprint density at radius 3 is 2.38 bits per heavy atom. The fourth-order valence-electron chi connectivity index (χ4n) is 1.58. The number of benzene rings is 1. The topological polar surface area (TPSA) is 88.2 Å². The zero-order valence-corrected chi connectivity index (χ0v) is 13.4. The van der Waals surface area contributed by atoms with E-state index in [0.29, 0.717) is 11.4 Å². The SMILES string of the molecule is CS(=O)(=O)Nc1ccccc1NC(=O)c1ccc(Br)cn1. The molecule has 21 heavy (non-hydrogen) atoms. The van der Waals surface area contributed by atoms with E-state index in [1.165, 1.54) is 6.20 Å². The number of carbonyl (C=O) groups is 1. The van der Waals surface area contributed by atoms with Gasteiger partial charge in [-0.3, -0.25) is 9.52 Å². The number of pyridine rings is 1. The van der Waals surface area contributed by atoms with Gasteiger partial charge in [0.2, 0.25) is 10.0 Å². The Labute approximate surface area is 130 Å². The third kappa shape index (κ3) is 4.54. The van der Waals surface area contributed by atoms with Crippen LogP contribution in [-0.4, -0.2) is 25.6 Å². The van der Waals surface area contributed by atoms with Crippen molar-refractivity contribution in [2.24, 2.45) is 0 Å². The van der Waals surface area contributed by atoms with Crippen molar-refractivity contribution in [2.45, 2.75) is 0 Å². The van der Waals surface area contributed by atoms with Crippen molar-refractivity contribution in [3.8, 4) is 0 Å². The molecule has 0 aliphatic carbocycles. The number of nitrogens with zero attached hydrogens (tertiary/aromatic N) is 1. The Balaban J connectivity index is 2.23. The first kappa shape index (κ1) is 15.5. The Bertz CT molecular complexity index is 760. The first-order chi connectivity index (χ1) is 9.85. The largest absolute Gasteiger partial charge is 0.319 e. The molecule has 6 nitrogen and oxygen atoms in total. The van der Waals surface area contributed by atoms with E-state index in [0.717, 1.165) is 10.7 Å². The van der Waals surface area contributed by atoms with E-state index in [2.05, 4.69) is 31.0 Å². The number of aromatic nitrogens is 1. The normalized spacial score (nSPS) is 11.0. The molecule has 0 saturated carbocycles. The summed E-state index contributed by atoms with van der Waals surface area (Å²) in [7, 11) is -3.43. The highest BCUT2D eigenvalue weighted by Crippen LogP contribution is 2.22. The van der Waals surface area contributed by atoms with Gasteiger partial charge in [0.15, 0.2) is 0 Å². The van der Waals surface area contributed by atoms with Crippen LogP contribution in [0.25, 0.3) is 0 Å². The number of hydrogen-bond donors (Lipinski definition) is 2. The van der Waals surface area contributed by atoms with Crippen molar-refractivity contribution in [3.05, 3.63) is 52.8 Å². The second-order valence-corrected chi connectivity index (χ2v) is 6.90.